The average Bonchev–Trinajstić information content (AvgIpc) is 3.57. The Balaban J connectivity index is 1.48. The molecule has 1 aliphatic carbocycles. The van der Waals surface area contributed by atoms with Crippen LogP contribution in [0.25, 0.3) is 0 Å². The van der Waals surface area contributed by atoms with Crippen molar-refractivity contribution in [2.45, 2.75) is 78.2 Å². The lowest BCUT2D eigenvalue weighted by Crippen LogP contribution is -2.49. The third-order valence-corrected chi connectivity index (χ3v) is 8.68. The Morgan fingerprint density at radius 3 is 2.47 bits per heavy atom. The highest BCUT2D eigenvalue weighted by atomic mass is 32.1. The van der Waals surface area contributed by atoms with E-state index in [1.165, 1.54) is 16.0 Å². The number of hydrogen-bond donors (Lipinski definition) is 0. The number of benzene rings is 1. The maximum Gasteiger partial charge on any atom is 0.242 e. The summed E-state index contributed by atoms with van der Waals surface area (Å²) in [5, 5.41) is 2.11. The predicted molar refractivity (Wildman–Crippen MR) is 146 cm³/mol. The zero-order valence-corrected chi connectivity index (χ0v) is 23.2. The average molecular weight is 511 g/mol. The van der Waals surface area contributed by atoms with Crippen LogP contribution < -0.4 is 4.74 Å². The van der Waals surface area contributed by atoms with Crippen LogP contribution in [0.4, 0.5) is 0 Å². The molecule has 1 atom stereocenters. The van der Waals surface area contributed by atoms with E-state index >= 15 is 0 Å². The van der Waals surface area contributed by atoms with Crippen molar-refractivity contribution >= 4 is 23.2 Å². The SMILES string of the molecule is CC(C)CCN(CC(=O)N1CCc2sccc2[C@H]1COc1ccc(C(C)C)cc1)C(=O)C1CCCC1. The van der Waals surface area contributed by atoms with Gasteiger partial charge in [-0.1, -0.05) is 52.7 Å². The van der Waals surface area contributed by atoms with Crippen LogP contribution in [0.15, 0.2) is 35.7 Å². The first-order valence-electron chi connectivity index (χ1n) is 13.7. The molecule has 1 aromatic heterocycles. The zero-order chi connectivity index (χ0) is 25.7. The Morgan fingerprint density at radius 2 is 1.81 bits per heavy atom. The minimum absolute atomic E-state index is 0.0331. The van der Waals surface area contributed by atoms with Gasteiger partial charge >= 0.3 is 0 Å². The van der Waals surface area contributed by atoms with E-state index in [9.17, 15) is 9.59 Å². The Morgan fingerprint density at radius 1 is 1.08 bits per heavy atom. The summed E-state index contributed by atoms with van der Waals surface area (Å²) in [6.07, 6.45) is 5.93. The molecule has 2 heterocycles. The predicted octanol–water partition coefficient (Wildman–Crippen LogP) is 6.44. The highest BCUT2D eigenvalue weighted by Gasteiger charge is 2.35. The fourth-order valence-corrected chi connectivity index (χ4v) is 6.29. The van der Waals surface area contributed by atoms with E-state index in [0.717, 1.165) is 44.3 Å². The first-order chi connectivity index (χ1) is 17.3. The van der Waals surface area contributed by atoms with Crippen LogP contribution in [-0.4, -0.2) is 47.9 Å². The molecule has 1 saturated carbocycles. The van der Waals surface area contributed by atoms with Gasteiger partial charge in [0.2, 0.25) is 11.8 Å². The Bertz CT molecular complexity index is 1010. The number of carbonyl (C=O) groups excluding carboxylic acids is 2. The molecule has 2 aliphatic rings. The molecule has 2 amide bonds. The Kier molecular flexibility index (Phi) is 9.10. The maximum absolute atomic E-state index is 13.7. The normalized spacial score (nSPS) is 18.1. The van der Waals surface area contributed by atoms with Crippen LogP contribution >= 0.6 is 11.3 Å². The van der Waals surface area contributed by atoms with E-state index in [4.69, 9.17) is 4.74 Å². The summed E-state index contributed by atoms with van der Waals surface area (Å²) in [6.45, 7) is 10.6. The quantitative estimate of drug-likeness (QED) is 0.369. The molecule has 4 rings (SSSR count). The van der Waals surface area contributed by atoms with Crippen molar-refractivity contribution in [1.82, 2.24) is 9.80 Å². The number of fused-ring (bicyclic) bond motifs is 1. The largest absolute Gasteiger partial charge is 0.491 e. The Hall–Kier alpha value is -2.34. The third-order valence-electron chi connectivity index (χ3n) is 7.69. The van der Waals surface area contributed by atoms with Gasteiger partial charge in [-0.05, 0) is 72.2 Å². The van der Waals surface area contributed by atoms with Gasteiger partial charge in [0, 0.05) is 23.9 Å². The lowest BCUT2D eigenvalue weighted by Gasteiger charge is -2.37. The number of rotatable bonds is 10. The molecule has 2 aromatic rings. The highest BCUT2D eigenvalue weighted by molar-refractivity contribution is 7.10. The highest BCUT2D eigenvalue weighted by Crippen LogP contribution is 2.34. The molecule has 0 unspecified atom stereocenters. The van der Waals surface area contributed by atoms with Crippen molar-refractivity contribution in [3.63, 3.8) is 0 Å². The van der Waals surface area contributed by atoms with Crippen LogP contribution in [-0.2, 0) is 16.0 Å². The molecule has 0 saturated heterocycles. The van der Waals surface area contributed by atoms with Gasteiger partial charge in [-0.25, -0.2) is 0 Å². The molecule has 1 fully saturated rings. The molecule has 0 radical (unpaired) electrons. The second-order valence-corrected chi connectivity index (χ2v) is 12.1. The number of amides is 2. The number of thiophene rings is 1. The lowest BCUT2D eigenvalue weighted by molar-refractivity contribution is -0.144. The Labute approximate surface area is 220 Å². The summed E-state index contributed by atoms with van der Waals surface area (Å²) in [4.78, 5) is 32.2. The third kappa shape index (κ3) is 6.50. The second kappa shape index (κ2) is 12.3. The van der Waals surface area contributed by atoms with Crippen LogP contribution in [0.3, 0.4) is 0 Å². The van der Waals surface area contributed by atoms with Crippen LogP contribution in [0.1, 0.15) is 87.8 Å². The van der Waals surface area contributed by atoms with Crippen LogP contribution in [0, 0.1) is 11.8 Å². The van der Waals surface area contributed by atoms with Gasteiger partial charge in [0.1, 0.15) is 12.4 Å². The first kappa shape index (κ1) is 26.7. The van der Waals surface area contributed by atoms with Crippen LogP contribution in [0.5, 0.6) is 5.75 Å². The molecule has 6 heteroatoms. The summed E-state index contributed by atoms with van der Waals surface area (Å²) < 4.78 is 6.23. The van der Waals surface area contributed by atoms with E-state index in [0.29, 0.717) is 31.5 Å². The fraction of sp³-hybridized carbons (Fsp3) is 0.600. The molecule has 1 aliphatic heterocycles. The van der Waals surface area contributed by atoms with Crippen molar-refractivity contribution in [1.29, 1.82) is 0 Å². The zero-order valence-electron chi connectivity index (χ0n) is 22.4. The first-order valence-corrected chi connectivity index (χ1v) is 14.6. The van der Waals surface area contributed by atoms with Gasteiger partial charge in [-0.15, -0.1) is 11.3 Å². The number of ether oxygens (including phenoxy) is 1. The van der Waals surface area contributed by atoms with Crippen molar-refractivity contribution in [3.8, 4) is 5.75 Å². The number of hydrogen-bond acceptors (Lipinski definition) is 4. The summed E-state index contributed by atoms with van der Waals surface area (Å²) in [6, 6.07) is 10.3. The molecule has 0 bridgehead atoms. The van der Waals surface area contributed by atoms with E-state index in [1.54, 1.807) is 11.3 Å². The van der Waals surface area contributed by atoms with Gasteiger partial charge in [0.25, 0.3) is 0 Å². The summed E-state index contributed by atoms with van der Waals surface area (Å²) in [5.41, 5.74) is 2.47. The number of carbonyl (C=O) groups is 2. The summed E-state index contributed by atoms with van der Waals surface area (Å²) >= 11 is 1.76. The molecule has 0 N–H and O–H groups in total. The molecule has 1 aromatic carbocycles. The van der Waals surface area contributed by atoms with E-state index < -0.39 is 0 Å². The van der Waals surface area contributed by atoms with Crippen molar-refractivity contribution in [2.24, 2.45) is 11.8 Å². The van der Waals surface area contributed by atoms with Crippen molar-refractivity contribution in [2.75, 3.05) is 26.2 Å². The topological polar surface area (TPSA) is 49.9 Å². The monoisotopic (exact) mass is 510 g/mol. The standard InChI is InChI=1S/C30H42N2O3S/c1-21(2)13-16-31(30(34)24-7-5-6-8-24)19-29(33)32-17-14-28-26(15-18-36-28)27(32)20-35-25-11-9-23(10-12-25)22(3)4/h9-12,15,18,21-22,24,27H,5-8,13-14,16-17,19-20H2,1-4H3/t27-/m1/s1. The summed E-state index contributed by atoms with van der Waals surface area (Å²) in [7, 11) is 0. The minimum atomic E-state index is -0.134. The lowest BCUT2D eigenvalue weighted by atomic mass is 10.00. The minimum Gasteiger partial charge on any atom is -0.491 e. The molecule has 196 valence electrons. The van der Waals surface area contributed by atoms with Gasteiger partial charge in [-0.2, -0.15) is 0 Å². The van der Waals surface area contributed by atoms with Gasteiger partial charge in [-0.3, -0.25) is 9.59 Å². The van der Waals surface area contributed by atoms with Crippen molar-refractivity contribution < 1.29 is 14.3 Å². The second-order valence-electron chi connectivity index (χ2n) is 11.1. The molecule has 36 heavy (non-hydrogen) atoms. The summed E-state index contributed by atoms with van der Waals surface area (Å²) in [5.74, 6) is 2.08. The molecular formula is C30H42N2O3S. The van der Waals surface area contributed by atoms with E-state index in [1.807, 2.05) is 21.9 Å². The van der Waals surface area contributed by atoms with E-state index in [2.05, 4.69) is 51.3 Å². The van der Waals surface area contributed by atoms with Crippen molar-refractivity contribution in [3.05, 3.63) is 51.7 Å². The molecular weight excluding hydrogens is 468 g/mol. The smallest absolute Gasteiger partial charge is 0.242 e. The van der Waals surface area contributed by atoms with E-state index in [-0.39, 0.29) is 30.3 Å². The molecule has 0 spiro atoms. The molecule has 5 nitrogen and oxygen atoms in total. The van der Waals surface area contributed by atoms with Gasteiger partial charge in [0.05, 0.1) is 12.6 Å². The number of nitrogens with zero attached hydrogens (tertiary/aromatic N) is 2. The van der Waals surface area contributed by atoms with Gasteiger partial charge in [0.15, 0.2) is 0 Å². The maximum atomic E-state index is 13.7. The van der Waals surface area contributed by atoms with Crippen LogP contribution in [0.2, 0.25) is 0 Å². The van der Waals surface area contributed by atoms with Gasteiger partial charge < -0.3 is 14.5 Å². The fourth-order valence-electron chi connectivity index (χ4n) is 5.36.